The number of aromatic nitrogens is 2. The van der Waals surface area contributed by atoms with E-state index < -0.39 is 23.6 Å². The van der Waals surface area contributed by atoms with Crippen molar-refractivity contribution in [3.8, 4) is 0 Å². The van der Waals surface area contributed by atoms with Crippen molar-refractivity contribution in [3.63, 3.8) is 0 Å². The van der Waals surface area contributed by atoms with Crippen molar-refractivity contribution < 1.29 is 27.1 Å². The number of hydrogen-bond donors (Lipinski definition) is 2. The van der Waals surface area contributed by atoms with Crippen molar-refractivity contribution in [2.45, 2.75) is 38.0 Å². The molecular formula is C24H30F4N6O2. The highest BCUT2D eigenvalue weighted by atomic mass is 19.4. The number of morpholine rings is 1. The molecule has 0 unspecified atom stereocenters. The molecule has 2 fully saturated rings. The van der Waals surface area contributed by atoms with Crippen LogP contribution in [0.25, 0.3) is 0 Å². The third-order valence-electron chi connectivity index (χ3n) is 6.73. The Labute approximate surface area is 206 Å². The number of nitrogens with two attached hydrogens (primary N) is 1. The van der Waals surface area contributed by atoms with Gasteiger partial charge in [0.05, 0.1) is 37.4 Å². The standard InChI is InChI=1S/C24H30F4N6O2/c1-15-12-36-13-19(17-2-4-18(5-3-17)24(26,27)28)34(15)23-21(25)22(31-14-32-23)30-10-16-6-8-33(9-7-16)11-20(29)35/h2-5,14-16,19H,6-13H2,1H3,(H2,29,35)(H,30,31,32)/t15-,19-/m1/s1. The van der Waals surface area contributed by atoms with Gasteiger partial charge in [-0.2, -0.15) is 17.6 Å². The molecule has 2 atom stereocenters. The molecule has 3 N–H and O–H groups in total. The van der Waals surface area contributed by atoms with Crippen molar-refractivity contribution in [2.75, 3.05) is 49.6 Å². The number of ether oxygens (including phenoxy) is 1. The second-order valence-corrected chi connectivity index (χ2v) is 9.36. The highest BCUT2D eigenvalue weighted by molar-refractivity contribution is 5.75. The highest BCUT2D eigenvalue weighted by Crippen LogP contribution is 2.36. The molecule has 2 saturated heterocycles. The van der Waals surface area contributed by atoms with Gasteiger partial charge in [0.1, 0.15) is 6.33 Å². The van der Waals surface area contributed by atoms with Gasteiger partial charge in [-0.1, -0.05) is 12.1 Å². The Morgan fingerprint density at radius 2 is 1.86 bits per heavy atom. The zero-order valence-electron chi connectivity index (χ0n) is 20.0. The smallest absolute Gasteiger partial charge is 0.377 e. The highest BCUT2D eigenvalue weighted by Gasteiger charge is 2.35. The normalized spacial score (nSPS) is 22.0. The fraction of sp³-hybridized carbons (Fsp3) is 0.542. The number of rotatable bonds is 7. The maximum Gasteiger partial charge on any atom is 0.416 e. The molecule has 1 amide bonds. The number of halogens is 4. The maximum absolute atomic E-state index is 15.6. The molecule has 0 spiro atoms. The number of hydrogen-bond acceptors (Lipinski definition) is 7. The van der Waals surface area contributed by atoms with Crippen LogP contribution in [0.3, 0.4) is 0 Å². The van der Waals surface area contributed by atoms with Crippen molar-refractivity contribution in [2.24, 2.45) is 11.7 Å². The van der Waals surface area contributed by atoms with Crippen LogP contribution in [0, 0.1) is 11.7 Å². The lowest BCUT2D eigenvalue weighted by Gasteiger charge is -2.41. The van der Waals surface area contributed by atoms with E-state index in [1.807, 2.05) is 11.8 Å². The molecule has 8 nitrogen and oxygen atoms in total. The molecule has 2 aliphatic rings. The number of likely N-dealkylation sites (tertiary alicyclic amines) is 1. The minimum absolute atomic E-state index is 0.0735. The van der Waals surface area contributed by atoms with Crippen LogP contribution in [-0.2, 0) is 15.7 Å². The summed E-state index contributed by atoms with van der Waals surface area (Å²) in [4.78, 5) is 23.1. The summed E-state index contributed by atoms with van der Waals surface area (Å²) >= 11 is 0. The zero-order valence-corrected chi connectivity index (χ0v) is 20.0. The number of piperidine rings is 1. The molecule has 0 bridgehead atoms. The van der Waals surface area contributed by atoms with Crippen LogP contribution in [0.1, 0.15) is 36.9 Å². The van der Waals surface area contributed by atoms with Crippen LogP contribution < -0.4 is 16.0 Å². The number of benzene rings is 1. The SMILES string of the molecule is C[C@@H]1COC[C@H](c2ccc(C(F)(F)F)cc2)N1c1ncnc(NCC2CCN(CC(N)=O)CC2)c1F. The number of alkyl halides is 3. The minimum atomic E-state index is -4.44. The van der Waals surface area contributed by atoms with Crippen LogP contribution in [0.15, 0.2) is 30.6 Å². The number of carbonyl (C=O) groups is 1. The van der Waals surface area contributed by atoms with Gasteiger partial charge in [-0.25, -0.2) is 9.97 Å². The van der Waals surface area contributed by atoms with E-state index in [0.29, 0.717) is 18.7 Å². The Morgan fingerprint density at radius 3 is 2.50 bits per heavy atom. The van der Waals surface area contributed by atoms with Gasteiger partial charge in [-0.3, -0.25) is 9.69 Å². The van der Waals surface area contributed by atoms with Crippen LogP contribution in [0.4, 0.5) is 29.2 Å². The minimum Gasteiger partial charge on any atom is -0.377 e. The van der Waals surface area contributed by atoms with Crippen LogP contribution in [0.2, 0.25) is 0 Å². The van der Waals surface area contributed by atoms with Crippen molar-refractivity contribution >= 4 is 17.5 Å². The fourth-order valence-electron chi connectivity index (χ4n) is 4.80. The first-order valence-corrected chi connectivity index (χ1v) is 11.9. The number of nitrogens with zero attached hydrogens (tertiary/aromatic N) is 4. The summed E-state index contributed by atoms with van der Waals surface area (Å²) < 4.78 is 60.3. The average molecular weight is 511 g/mol. The molecule has 196 valence electrons. The van der Waals surface area contributed by atoms with Crippen molar-refractivity contribution in [1.29, 1.82) is 0 Å². The quantitative estimate of drug-likeness (QED) is 0.553. The van der Waals surface area contributed by atoms with Gasteiger partial charge in [0, 0.05) is 6.54 Å². The molecule has 3 heterocycles. The Kier molecular flexibility index (Phi) is 7.94. The van der Waals surface area contributed by atoms with Gasteiger partial charge in [0.25, 0.3) is 0 Å². The van der Waals surface area contributed by atoms with E-state index in [1.54, 1.807) is 4.90 Å². The van der Waals surface area contributed by atoms with Crippen LogP contribution in [-0.4, -0.2) is 66.2 Å². The lowest BCUT2D eigenvalue weighted by atomic mass is 9.97. The molecule has 36 heavy (non-hydrogen) atoms. The maximum atomic E-state index is 15.6. The van der Waals surface area contributed by atoms with Crippen LogP contribution >= 0.6 is 0 Å². The Morgan fingerprint density at radius 1 is 1.17 bits per heavy atom. The first-order valence-electron chi connectivity index (χ1n) is 11.9. The summed E-state index contributed by atoms with van der Waals surface area (Å²) in [6, 6.07) is 4.05. The second kappa shape index (κ2) is 11.0. The first kappa shape index (κ1) is 26.1. The van der Waals surface area contributed by atoms with E-state index in [1.165, 1.54) is 18.5 Å². The molecule has 0 aliphatic carbocycles. The number of nitrogens with one attached hydrogen (secondary N) is 1. The largest absolute Gasteiger partial charge is 0.416 e. The molecule has 2 aromatic rings. The monoisotopic (exact) mass is 510 g/mol. The second-order valence-electron chi connectivity index (χ2n) is 9.36. The molecule has 1 aromatic heterocycles. The zero-order chi connectivity index (χ0) is 25.9. The molecular weight excluding hydrogens is 480 g/mol. The van der Waals surface area contributed by atoms with E-state index in [0.717, 1.165) is 38.1 Å². The van der Waals surface area contributed by atoms with E-state index in [4.69, 9.17) is 10.5 Å². The summed E-state index contributed by atoms with van der Waals surface area (Å²) in [6.07, 6.45) is -1.47. The van der Waals surface area contributed by atoms with Gasteiger partial charge < -0.3 is 20.7 Å². The summed E-state index contributed by atoms with van der Waals surface area (Å²) in [5.41, 5.74) is 5.09. The van der Waals surface area contributed by atoms with E-state index >= 15 is 4.39 Å². The lowest BCUT2D eigenvalue weighted by molar-refractivity contribution is -0.137. The molecule has 0 saturated carbocycles. The van der Waals surface area contributed by atoms with E-state index in [9.17, 15) is 18.0 Å². The van der Waals surface area contributed by atoms with Gasteiger partial charge in [-0.15, -0.1) is 0 Å². The molecule has 1 aromatic carbocycles. The molecule has 2 aliphatic heterocycles. The van der Waals surface area contributed by atoms with Crippen molar-refractivity contribution in [3.05, 3.63) is 47.5 Å². The van der Waals surface area contributed by atoms with Gasteiger partial charge >= 0.3 is 6.18 Å². The average Bonchev–Trinajstić information content (AvgIpc) is 2.84. The number of primary amides is 1. The number of carbonyl (C=O) groups excluding carboxylic acids is 1. The molecule has 12 heteroatoms. The summed E-state index contributed by atoms with van der Waals surface area (Å²) in [5, 5.41) is 3.09. The van der Waals surface area contributed by atoms with Gasteiger partial charge in [-0.05, 0) is 56.5 Å². The van der Waals surface area contributed by atoms with E-state index in [-0.39, 0.29) is 42.7 Å². The third kappa shape index (κ3) is 6.04. The Hall–Kier alpha value is -2.99. The topological polar surface area (TPSA) is 96.6 Å². The van der Waals surface area contributed by atoms with E-state index in [2.05, 4.69) is 15.3 Å². The number of amides is 1. The predicted molar refractivity (Wildman–Crippen MR) is 126 cm³/mol. The number of anilines is 2. The molecule has 0 radical (unpaired) electrons. The Balaban J connectivity index is 1.48. The predicted octanol–water partition coefficient (Wildman–Crippen LogP) is 3.21. The first-order chi connectivity index (χ1) is 17.1. The fourth-order valence-corrected chi connectivity index (χ4v) is 4.80. The summed E-state index contributed by atoms with van der Waals surface area (Å²) in [7, 11) is 0. The third-order valence-corrected chi connectivity index (χ3v) is 6.73. The van der Waals surface area contributed by atoms with Gasteiger partial charge in [0.2, 0.25) is 11.7 Å². The van der Waals surface area contributed by atoms with Crippen molar-refractivity contribution in [1.82, 2.24) is 14.9 Å². The summed E-state index contributed by atoms with van der Waals surface area (Å²) in [6.45, 7) is 4.60. The van der Waals surface area contributed by atoms with Crippen LogP contribution in [0.5, 0.6) is 0 Å². The lowest BCUT2D eigenvalue weighted by Crippen LogP contribution is -2.47. The molecule has 4 rings (SSSR count). The Bertz CT molecular complexity index is 1040. The van der Waals surface area contributed by atoms with Gasteiger partial charge in [0.15, 0.2) is 11.6 Å². The summed E-state index contributed by atoms with van der Waals surface area (Å²) in [5.74, 6) is -0.536.